The van der Waals surface area contributed by atoms with Gasteiger partial charge in [0.1, 0.15) is 23.6 Å². The predicted octanol–water partition coefficient (Wildman–Crippen LogP) is 5.01. The number of halogens is 4. The smallest absolute Gasteiger partial charge is 0.429 e. The van der Waals surface area contributed by atoms with E-state index in [-0.39, 0.29) is 11.3 Å². The molecule has 0 aliphatic carbocycles. The minimum atomic E-state index is -1.95. The summed E-state index contributed by atoms with van der Waals surface area (Å²) in [5.41, 5.74) is 4.89. The zero-order chi connectivity index (χ0) is 21.1. The van der Waals surface area contributed by atoms with Crippen LogP contribution in [0.2, 0.25) is 0 Å². The molecule has 0 amide bonds. The lowest BCUT2D eigenvalue weighted by Crippen LogP contribution is -2.13. The van der Waals surface area contributed by atoms with E-state index in [0.29, 0.717) is 5.39 Å². The van der Waals surface area contributed by atoms with E-state index in [9.17, 15) is 27.2 Å². The van der Waals surface area contributed by atoms with Crippen LogP contribution in [0.15, 0.2) is 44.7 Å². The third kappa shape index (κ3) is 3.96. The van der Waals surface area contributed by atoms with Gasteiger partial charge in [0.2, 0.25) is 0 Å². The van der Waals surface area contributed by atoms with Crippen molar-refractivity contribution in [3.63, 3.8) is 0 Å². The van der Waals surface area contributed by atoms with Gasteiger partial charge < -0.3 is 13.9 Å². The van der Waals surface area contributed by atoms with Crippen LogP contribution in [0.5, 0.6) is 5.75 Å². The Balaban J connectivity index is 1.77. The molecule has 0 radical (unpaired) electrons. The number of hydrogen-bond donors (Lipinski definition) is 0. The highest BCUT2D eigenvalue weighted by atomic mass is 19.2. The summed E-state index contributed by atoms with van der Waals surface area (Å²) < 4.78 is 69.3. The van der Waals surface area contributed by atoms with Crippen molar-refractivity contribution in [2.75, 3.05) is 0 Å². The molecular formula is C17H7F4N3O5. The number of rotatable bonds is 4. The SMILES string of the molecule is [N-]=[N+]=Nc1c(F)c(F)c(COC(=O)Oc2ccc3ccc(=O)oc3c2)c(F)c1F. The highest BCUT2D eigenvalue weighted by Gasteiger charge is 2.25. The molecule has 0 atom stereocenters. The third-order valence-corrected chi connectivity index (χ3v) is 3.61. The van der Waals surface area contributed by atoms with Gasteiger partial charge in [0.15, 0.2) is 23.3 Å². The van der Waals surface area contributed by atoms with E-state index >= 15 is 0 Å². The molecule has 2 aromatic carbocycles. The van der Waals surface area contributed by atoms with Gasteiger partial charge >= 0.3 is 11.8 Å². The Morgan fingerprint density at radius 2 is 1.72 bits per heavy atom. The molecule has 0 saturated heterocycles. The molecule has 29 heavy (non-hydrogen) atoms. The van der Waals surface area contributed by atoms with Gasteiger partial charge in [-0.1, -0.05) is 5.11 Å². The summed E-state index contributed by atoms with van der Waals surface area (Å²) in [6.45, 7) is -1.22. The Bertz CT molecular complexity index is 1210. The van der Waals surface area contributed by atoms with Crippen LogP contribution in [0.3, 0.4) is 0 Å². The molecule has 0 aliphatic rings. The molecule has 0 unspecified atom stereocenters. The number of carbonyl (C=O) groups is 1. The van der Waals surface area contributed by atoms with Gasteiger partial charge in [-0.15, -0.1) is 0 Å². The first-order valence-electron chi connectivity index (χ1n) is 7.60. The van der Waals surface area contributed by atoms with Gasteiger partial charge in [0.25, 0.3) is 0 Å². The first kappa shape index (κ1) is 19.7. The molecule has 0 fully saturated rings. The summed E-state index contributed by atoms with van der Waals surface area (Å²) >= 11 is 0. The van der Waals surface area contributed by atoms with Crippen LogP contribution in [0.4, 0.5) is 28.0 Å². The summed E-state index contributed by atoms with van der Waals surface area (Å²) in [6.07, 6.45) is -1.46. The van der Waals surface area contributed by atoms with Crippen LogP contribution in [0.1, 0.15) is 5.56 Å². The second-order valence-electron chi connectivity index (χ2n) is 5.37. The highest BCUT2D eigenvalue weighted by Crippen LogP contribution is 2.31. The number of azide groups is 1. The van der Waals surface area contributed by atoms with E-state index in [1.807, 2.05) is 0 Å². The van der Waals surface area contributed by atoms with E-state index in [4.69, 9.17) is 14.7 Å². The van der Waals surface area contributed by atoms with Crippen molar-refractivity contribution < 1.29 is 36.2 Å². The molecule has 12 heteroatoms. The van der Waals surface area contributed by atoms with Crippen LogP contribution >= 0.6 is 0 Å². The Morgan fingerprint density at radius 3 is 2.38 bits per heavy atom. The van der Waals surface area contributed by atoms with Gasteiger partial charge in [-0.2, -0.15) is 0 Å². The molecular weight excluding hydrogens is 402 g/mol. The molecule has 0 aliphatic heterocycles. The lowest BCUT2D eigenvalue weighted by molar-refractivity contribution is 0.0903. The first-order valence-corrected chi connectivity index (χ1v) is 7.60. The van der Waals surface area contributed by atoms with Crippen molar-refractivity contribution in [1.82, 2.24) is 0 Å². The first-order chi connectivity index (χ1) is 13.8. The number of benzene rings is 2. The monoisotopic (exact) mass is 409 g/mol. The van der Waals surface area contributed by atoms with Crippen molar-refractivity contribution in [3.8, 4) is 5.75 Å². The lowest BCUT2D eigenvalue weighted by Gasteiger charge is -2.10. The summed E-state index contributed by atoms with van der Waals surface area (Å²) in [5, 5.41) is 3.07. The van der Waals surface area contributed by atoms with Gasteiger partial charge in [0.05, 0.1) is 5.56 Å². The van der Waals surface area contributed by atoms with Crippen LogP contribution < -0.4 is 10.4 Å². The fraction of sp³-hybridized carbons (Fsp3) is 0.0588. The van der Waals surface area contributed by atoms with Gasteiger partial charge in [0, 0.05) is 22.4 Å². The number of carbonyl (C=O) groups excluding carboxylic acids is 1. The standard InChI is InChI=1S/C17H7F4N3O5/c18-12-9(13(19)15(21)16(14(12)20)23-24-22)6-27-17(26)28-8-3-1-7-2-4-11(25)29-10(7)5-8/h1-5H,6H2. The van der Waals surface area contributed by atoms with Crippen molar-refractivity contribution in [2.24, 2.45) is 5.11 Å². The summed E-state index contributed by atoms with van der Waals surface area (Å²) in [7, 11) is 0. The van der Waals surface area contributed by atoms with Crippen LogP contribution in [-0.4, -0.2) is 6.16 Å². The van der Waals surface area contributed by atoms with Crippen molar-refractivity contribution in [3.05, 3.63) is 80.0 Å². The lowest BCUT2D eigenvalue weighted by atomic mass is 10.1. The Labute approximate surface area is 157 Å². The Hall–Kier alpha value is -4.05. The molecule has 0 bridgehead atoms. The number of hydrogen-bond acceptors (Lipinski definition) is 6. The number of ether oxygens (including phenoxy) is 2. The maximum Gasteiger partial charge on any atom is 0.514 e. The number of fused-ring (bicyclic) bond motifs is 1. The molecule has 0 N–H and O–H groups in total. The zero-order valence-electron chi connectivity index (χ0n) is 14.0. The maximum atomic E-state index is 13.9. The van der Waals surface area contributed by atoms with E-state index in [2.05, 4.69) is 14.8 Å². The van der Waals surface area contributed by atoms with Crippen LogP contribution in [-0.2, 0) is 11.3 Å². The van der Waals surface area contributed by atoms with E-state index < -0.39 is 52.9 Å². The molecule has 1 aromatic heterocycles. The summed E-state index contributed by atoms with van der Waals surface area (Å²) in [6, 6.07) is 6.62. The minimum absolute atomic E-state index is 0.0951. The Kier molecular flexibility index (Phi) is 5.37. The predicted molar refractivity (Wildman–Crippen MR) is 88.4 cm³/mol. The van der Waals surface area contributed by atoms with Crippen molar-refractivity contribution >= 4 is 22.8 Å². The fourth-order valence-electron chi connectivity index (χ4n) is 2.29. The van der Waals surface area contributed by atoms with Crippen LogP contribution in [0.25, 0.3) is 21.4 Å². The molecule has 1 heterocycles. The van der Waals surface area contributed by atoms with Gasteiger partial charge in [-0.25, -0.2) is 27.2 Å². The summed E-state index contributed by atoms with van der Waals surface area (Å²) in [5.74, 6) is -7.82. The molecule has 0 saturated carbocycles. The summed E-state index contributed by atoms with van der Waals surface area (Å²) in [4.78, 5) is 25.0. The Morgan fingerprint density at radius 1 is 1.07 bits per heavy atom. The van der Waals surface area contributed by atoms with E-state index in [1.54, 1.807) is 0 Å². The average Bonchev–Trinajstić information content (AvgIpc) is 2.69. The largest absolute Gasteiger partial charge is 0.514 e. The molecule has 0 spiro atoms. The molecule has 3 aromatic rings. The van der Waals surface area contributed by atoms with E-state index in [1.165, 1.54) is 30.3 Å². The molecule has 3 rings (SSSR count). The third-order valence-electron chi connectivity index (χ3n) is 3.61. The second-order valence-corrected chi connectivity index (χ2v) is 5.37. The maximum absolute atomic E-state index is 13.9. The van der Waals surface area contributed by atoms with Crippen molar-refractivity contribution in [1.29, 1.82) is 0 Å². The van der Waals surface area contributed by atoms with Crippen LogP contribution in [0, 0.1) is 23.3 Å². The van der Waals surface area contributed by atoms with E-state index in [0.717, 1.165) is 0 Å². The average molecular weight is 409 g/mol. The van der Waals surface area contributed by atoms with Crippen molar-refractivity contribution in [2.45, 2.75) is 6.61 Å². The van der Waals surface area contributed by atoms with Gasteiger partial charge in [-0.3, -0.25) is 0 Å². The topological polar surface area (TPSA) is 115 Å². The molecule has 8 nitrogen and oxygen atoms in total. The normalized spacial score (nSPS) is 10.5. The molecule has 148 valence electrons. The minimum Gasteiger partial charge on any atom is -0.429 e. The quantitative estimate of drug-likeness (QED) is 0.0878. The fourth-order valence-corrected chi connectivity index (χ4v) is 2.29. The van der Waals surface area contributed by atoms with Gasteiger partial charge in [-0.05, 0) is 23.7 Å². The number of nitrogens with zero attached hydrogens (tertiary/aromatic N) is 3. The second kappa shape index (κ2) is 7.90. The zero-order valence-corrected chi connectivity index (χ0v) is 14.0. The highest BCUT2D eigenvalue weighted by molar-refractivity contribution is 5.78.